The topological polar surface area (TPSA) is 68.6 Å². The van der Waals surface area contributed by atoms with E-state index in [4.69, 9.17) is 19.5 Å². The summed E-state index contributed by atoms with van der Waals surface area (Å²) >= 11 is 0. The Morgan fingerprint density at radius 2 is 2.00 bits per heavy atom. The molecule has 5 nitrogen and oxygen atoms in total. The third-order valence-electron chi connectivity index (χ3n) is 2.95. The summed E-state index contributed by atoms with van der Waals surface area (Å²) in [5.41, 5.74) is 0.529. The average molecular weight is 305 g/mol. The minimum atomic E-state index is -0.569. The molecule has 0 radical (unpaired) electrons. The highest BCUT2D eigenvalue weighted by Gasteiger charge is 2.14. The second-order valence-electron chi connectivity index (χ2n) is 5.35. The summed E-state index contributed by atoms with van der Waals surface area (Å²) in [6, 6.07) is 8.86. The Hall–Kier alpha value is -2.06. The number of benzene rings is 1. The molecular weight excluding hydrogens is 282 g/mol. The van der Waals surface area contributed by atoms with Gasteiger partial charge in [-0.05, 0) is 37.5 Å². The van der Waals surface area contributed by atoms with Gasteiger partial charge in [0.05, 0.1) is 11.6 Å². The predicted molar refractivity (Wildman–Crippen MR) is 82.5 cm³/mol. The van der Waals surface area contributed by atoms with Crippen LogP contribution in [0.5, 0.6) is 5.75 Å². The Morgan fingerprint density at radius 1 is 1.23 bits per heavy atom. The van der Waals surface area contributed by atoms with Crippen LogP contribution in [0, 0.1) is 17.2 Å². The molecule has 1 aromatic carbocycles. The fraction of sp³-hybridized carbons (Fsp3) is 0.529. The number of hydrogen-bond donors (Lipinski definition) is 0. The zero-order chi connectivity index (χ0) is 16.4. The summed E-state index contributed by atoms with van der Waals surface area (Å²) < 4.78 is 15.9. The summed E-state index contributed by atoms with van der Waals surface area (Å²) in [6.45, 7) is 6.81. The molecule has 0 aliphatic rings. The third kappa shape index (κ3) is 7.09. The van der Waals surface area contributed by atoms with E-state index in [1.165, 1.54) is 0 Å². The van der Waals surface area contributed by atoms with Crippen molar-refractivity contribution in [1.29, 1.82) is 5.26 Å². The first-order valence-corrected chi connectivity index (χ1v) is 7.44. The van der Waals surface area contributed by atoms with Gasteiger partial charge < -0.3 is 14.2 Å². The molecule has 1 rings (SSSR count). The molecule has 0 saturated heterocycles. The van der Waals surface area contributed by atoms with Gasteiger partial charge in [0.1, 0.15) is 19.0 Å². The lowest BCUT2D eigenvalue weighted by atomic mass is 10.1. The molecule has 0 fully saturated rings. The minimum absolute atomic E-state index is 0.146. The number of rotatable bonds is 9. The molecule has 0 aliphatic carbocycles. The molecule has 1 aromatic rings. The average Bonchev–Trinajstić information content (AvgIpc) is 2.51. The zero-order valence-corrected chi connectivity index (χ0v) is 13.4. The van der Waals surface area contributed by atoms with E-state index < -0.39 is 12.1 Å². The molecule has 0 bridgehead atoms. The van der Waals surface area contributed by atoms with Gasteiger partial charge in [0.25, 0.3) is 0 Å². The highest BCUT2D eigenvalue weighted by atomic mass is 16.6. The van der Waals surface area contributed by atoms with Crippen LogP contribution in [0.3, 0.4) is 0 Å². The van der Waals surface area contributed by atoms with Gasteiger partial charge in [-0.1, -0.05) is 19.9 Å². The van der Waals surface area contributed by atoms with Crippen LogP contribution in [0.15, 0.2) is 24.3 Å². The zero-order valence-electron chi connectivity index (χ0n) is 13.4. The summed E-state index contributed by atoms with van der Waals surface area (Å²) in [6.07, 6.45) is 0.344. The van der Waals surface area contributed by atoms with Crippen LogP contribution in [0.2, 0.25) is 0 Å². The second kappa shape index (κ2) is 9.80. The van der Waals surface area contributed by atoms with Crippen LogP contribution in [0.4, 0.5) is 0 Å². The minimum Gasteiger partial charge on any atom is -0.490 e. The number of nitriles is 1. The summed E-state index contributed by atoms with van der Waals surface area (Å²) in [5.74, 6) is 0.732. The van der Waals surface area contributed by atoms with E-state index in [9.17, 15) is 4.79 Å². The molecule has 0 saturated carbocycles. The van der Waals surface area contributed by atoms with Gasteiger partial charge in [0.15, 0.2) is 6.10 Å². The largest absolute Gasteiger partial charge is 0.490 e. The number of carbonyl (C=O) groups is 1. The quantitative estimate of drug-likeness (QED) is 0.518. The molecule has 0 heterocycles. The fourth-order valence-corrected chi connectivity index (χ4v) is 1.62. The van der Waals surface area contributed by atoms with Gasteiger partial charge in [-0.25, -0.2) is 4.79 Å². The van der Waals surface area contributed by atoms with E-state index in [1.807, 2.05) is 6.07 Å². The molecule has 0 aliphatic heterocycles. The van der Waals surface area contributed by atoms with E-state index >= 15 is 0 Å². The molecule has 0 amide bonds. The highest BCUT2D eigenvalue weighted by Crippen LogP contribution is 2.12. The van der Waals surface area contributed by atoms with Crippen molar-refractivity contribution in [3.63, 3.8) is 0 Å². The molecule has 120 valence electrons. The number of ether oxygens (including phenoxy) is 3. The summed E-state index contributed by atoms with van der Waals surface area (Å²) in [7, 11) is 0. The third-order valence-corrected chi connectivity index (χ3v) is 2.95. The number of carbonyl (C=O) groups excluding carboxylic acids is 1. The number of nitrogens with zero attached hydrogens (tertiary/aromatic N) is 1. The van der Waals surface area contributed by atoms with E-state index in [0.29, 0.717) is 23.8 Å². The van der Waals surface area contributed by atoms with E-state index in [1.54, 1.807) is 31.2 Å². The molecule has 1 atom stereocenters. The van der Waals surface area contributed by atoms with Crippen molar-refractivity contribution < 1.29 is 19.0 Å². The Morgan fingerprint density at radius 3 is 2.68 bits per heavy atom. The van der Waals surface area contributed by atoms with Crippen molar-refractivity contribution in [2.24, 2.45) is 5.92 Å². The smallest absolute Gasteiger partial charge is 0.335 e. The van der Waals surface area contributed by atoms with Gasteiger partial charge in [-0.2, -0.15) is 5.26 Å². The van der Waals surface area contributed by atoms with Crippen molar-refractivity contribution in [3.8, 4) is 11.8 Å². The lowest BCUT2D eigenvalue weighted by Crippen LogP contribution is -2.25. The number of esters is 1. The van der Waals surface area contributed by atoms with Crippen LogP contribution < -0.4 is 4.74 Å². The SMILES string of the molecule is CC(C)CCOC(C)C(=O)OCCOc1cccc(C#N)c1. The number of hydrogen-bond acceptors (Lipinski definition) is 5. The standard InChI is InChI=1S/C17H23NO4/c1-13(2)7-8-20-14(3)17(19)22-10-9-21-16-6-4-5-15(11-16)12-18/h4-6,11,13-14H,7-10H2,1-3H3. The van der Waals surface area contributed by atoms with Gasteiger partial charge >= 0.3 is 5.97 Å². The fourth-order valence-electron chi connectivity index (χ4n) is 1.62. The Bertz CT molecular complexity index is 508. The Labute approximate surface area is 131 Å². The van der Waals surface area contributed by atoms with Crippen LogP contribution in [0.25, 0.3) is 0 Å². The summed E-state index contributed by atoms with van der Waals surface area (Å²) in [4.78, 5) is 11.7. The summed E-state index contributed by atoms with van der Waals surface area (Å²) in [5, 5.41) is 8.78. The van der Waals surface area contributed by atoms with Crippen LogP contribution in [0.1, 0.15) is 32.8 Å². The van der Waals surface area contributed by atoms with Crippen molar-refractivity contribution >= 4 is 5.97 Å². The van der Waals surface area contributed by atoms with Gasteiger partial charge in [-0.15, -0.1) is 0 Å². The maximum atomic E-state index is 11.7. The van der Waals surface area contributed by atoms with E-state index in [-0.39, 0.29) is 13.2 Å². The molecule has 0 N–H and O–H groups in total. The Balaban J connectivity index is 2.20. The van der Waals surface area contributed by atoms with Crippen molar-refractivity contribution in [2.45, 2.75) is 33.3 Å². The Kier molecular flexibility index (Phi) is 8.01. The van der Waals surface area contributed by atoms with Crippen LogP contribution in [-0.4, -0.2) is 31.9 Å². The molecule has 1 unspecified atom stereocenters. The van der Waals surface area contributed by atoms with Gasteiger partial charge in [0.2, 0.25) is 0 Å². The van der Waals surface area contributed by atoms with Crippen LogP contribution in [-0.2, 0) is 14.3 Å². The van der Waals surface area contributed by atoms with Crippen molar-refractivity contribution in [1.82, 2.24) is 0 Å². The maximum Gasteiger partial charge on any atom is 0.335 e. The molecule has 0 spiro atoms. The molecule has 22 heavy (non-hydrogen) atoms. The van der Waals surface area contributed by atoms with Gasteiger partial charge in [-0.3, -0.25) is 0 Å². The first kappa shape index (κ1) is 18.0. The lowest BCUT2D eigenvalue weighted by Gasteiger charge is -2.13. The lowest BCUT2D eigenvalue weighted by molar-refractivity contribution is -0.156. The molecule has 0 aromatic heterocycles. The second-order valence-corrected chi connectivity index (χ2v) is 5.35. The monoisotopic (exact) mass is 305 g/mol. The predicted octanol–water partition coefficient (Wildman–Crippen LogP) is 2.93. The van der Waals surface area contributed by atoms with Crippen LogP contribution >= 0.6 is 0 Å². The van der Waals surface area contributed by atoms with Gasteiger partial charge in [0, 0.05) is 6.61 Å². The molecule has 5 heteroatoms. The highest BCUT2D eigenvalue weighted by molar-refractivity contribution is 5.74. The van der Waals surface area contributed by atoms with Crippen molar-refractivity contribution in [2.75, 3.05) is 19.8 Å². The molecular formula is C17H23NO4. The van der Waals surface area contributed by atoms with E-state index in [2.05, 4.69) is 13.8 Å². The van der Waals surface area contributed by atoms with E-state index in [0.717, 1.165) is 6.42 Å². The maximum absolute atomic E-state index is 11.7. The van der Waals surface area contributed by atoms with Crippen molar-refractivity contribution in [3.05, 3.63) is 29.8 Å². The normalized spacial score (nSPS) is 11.8. The first-order valence-electron chi connectivity index (χ1n) is 7.44. The first-order chi connectivity index (χ1) is 10.5.